The quantitative estimate of drug-likeness (QED) is 0.865. The van der Waals surface area contributed by atoms with Crippen LogP contribution >= 0.6 is 35.6 Å². The predicted octanol–water partition coefficient (Wildman–Crippen LogP) is 3.95. The van der Waals surface area contributed by atoms with E-state index < -0.39 is 0 Å². The summed E-state index contributed by atoms with van der Waals surface area (Å²) in [7, 11) is 0. The van der Waals surface area contributed by atoms with Crippen LogP contribution in [0.5, 0.6) is 0 Å². The number of halogens is 3. The molecule has 0 aliphatic carbocycles. The van der Waals surface area contributed by atoms with Gasteiger partial charge < -0.3 is 10.2 Å². The van der Waals surface area contributed by atoms with Crippen molar-refractivity contribution in [3.05, 3.63) is 33.8 Å². The van der Waals surface area contributed by atoms with Gasteiger partial charge in [0.15, 0.2) is 0 Å². The van der Waals surface area contributed by atoms with Crippen LogP contribution in [-0.2, 0) is 11.2 Å². The molecule has 1 N–H and O–H groups in total. The van der Waals surface area contributed by atoms with Gasteiger partial charge in [0, 0.05) is 26.1 Å². The SMILES string of the molecule is Cl.O=C(CCc1ccc(Cl)c(Cl)c1)N1CCC2(CCNC2)CC1. The molecule has 0 bridgehead atoms. The molecule has 0 saturated carbocycles. The minimum absolute atomic E-state index is 0. The molecule has 1 amide bonds. The number of rotatable bonds is 3. The maximum atomic E-state index is 12.4. The third-order valence-corrected chi connectivity index (χ3v) is 5.86. The summed E-state index contributed by atoms with van der Waals surface area (Å²) < 4.78 is 0. The summed E-state index contributed by atoms with van der Waals surface area (Å²) in [6.07, 6.45) is 4.80. The first-order chi connectivity index (χ1) is 10.6. The zero-order valence-corrected chi connectivity index (χ0v) is 15.4. The second kappa shape index (κ2) is 8.06. The highest BCUT2D eigenvalue weighted by Gasteiger charge is 2.37. The Kier molecular flexibility index (Phi) is 6.61. The normalized spacial score (nSPS) is 19.7. The van der Waals surface area contributed by atoms with Gasteiger partial charge >= 0.3 is 0 Å². The van der Waals surface area contributed by atoms with E-state index in [0.717, 1.165) is 51.0 Å². The predicted molar refractivity (Wildman–Crippen MR) is 97.8 cm³/mol. The molecule has 1 aromatic carbocycles. The summed E-state index contributed by atoms with van der Waals surface area (Å²) in [4.78, 5) is 14.4. The lowest BCUT2D eigenvalue weighted by Crippen LogP contribution is -2.44. The van der Waals surface area contributed by atoms with E-state index in [0.29, 0.717) is 21.9 Å². The number of aryl methyl sites for hydroxylation is 1. The highest BCUT2D eigenvalue weighted by atomic mass is 35.5. The summed E-state index contributed by atoms with van der Waals surface area (Å²) in [5, 5.41) is 4.57. The van der Waals surface area contributed by atoms with Crippen LogP contribution in [0.4, 0.5) is 0 Å². The molecular weight excluding hydrogens is 355 g/mol. The van der Waals surface area contributed by atoms with Crippen molar-refractivity contribution < 1.29 is 4.79 Å². The lowest BCUT2D eigenvalue weighted by atomic mass is 9.78. The molecule has 23 heavy (non-hydrogen) atoms. The number of hydrogen-bond donors (Lipinski definition) is 1. The number of carbonyl (C=O) groups excluding carboxylic acids is 1. The minimum atomic E-state index is 0. The van der Waals surface area contributed by atoms with Crippen LogP contribution in [0.3, 0.4) is 0 Å². The van der Waals surface area contributed by atoms with Crippen LogP contribution in [0.15, 0.2) is 18.2 Å². The van der Waals surface area contributed by atoms with Crippen LogP contribution in [0, 0.1) is 5.41 Å². The Bertz CT molecular complexity index is 549. The zero-order chi connectivity index (χ0) is 15.6. The topological polar surface area (TPSA) is 32.3 Å². The molecule has 2 heterocycles. The first kappa shape index (κ1) is 18.9. The van der Waals surface area contributed by atoms with Crippen molar-refractivity contribution >= 4 is 41.5 Å². The molecule has 1 spiro atoms. The van der Waals surface area contributed by atoms with Crippen LogP contribution < -0.4 is 5.32 Å². The summed E-state index contributed by atoms with van der Waals surface area (Å²) in [5.41, 5.74) is 1.52. The van der Waals surface area contributed by atoms with Crippen molar-refractivity contribution in [3.63, 3.8) is 0 Å². The van der Waals surface area contributed by atoms with Gasteiger partial charge in [-0.1, -0.05) is 29.3 Å². The summed E-state index contributed by atoms with van der Waals surface area (Å²) in [5.74, 6) is 0.256. The number of nitrogens with zero attached hydrogens (tertiary/aromatic N) is 1. The van der Waals surface area contributed by atoms with Crippen molar-refractivity contribution in [1.29, 1.82) is 0 Å². The lowest BCUT2D eigenvalue weighted by molar-refractivity contribution is -0.133. The molecular formula is C17H23Cl3N2O. The molecule has 2 aliphatic rings. The van der Waals surface area contributed by atoms with Crippen molar-refractivity contribution in [2.24, 2.45) is 5.41 Å². The standard InChI is InChI=1S/C17H22Cl2N2O.ClH/c18-14-3-1-13(11-15(14)19)2-4-16(22)21-9-6-17(7-10-21)5-8-20-12-17;/h1,3,11,20H,2,4-10,12H2;1H. The number of benzene rings is 1. The molecule has 3 nitrogen and oxygen atoms in total. The molecule has 0 radical (unpaired) electrons. The average Bonchev–Trinajstić information content (AvgIpc) is 2.97. The van der Waals surface area contributed by atoms with Gasteiger partial charge in [0.25, 0.3) is 0 Å². The molecule has 2 aliphatic heterocycles. The van der Waals surface area contributed by atoms with E-state index in [4.69, 9.17) is 23.2 Å². The fourth-order valence-electron chi connectivity index (χ4n) is 3.56. The van der Waals surface area contributed by atoms with E-state index in [-0.39, 0.29) is 18.3 Å². The van der Waals surface area contributed by atoms with Gasteiger partial charge in [-0.2, -0.15) is 0 Å². The second-order valence-electron chi connectivity index (χ2n) is 6.56. The molecule has 0 aromatic heterocycles. The average molecular weight is 378 g/mol. The Morgan fingerprint density at radius 1 is 1.17 bits per heavy atom. The first-order valence-corrected chi connectivity index (χ1v) is 8.76. The Morgan fingerprint density at radius 3 is 2.52 bits per heavy atom. The van der Waals surface area contributed by atoms with Gasteiger partial charge in [-0.05, 0) is 55.3 Å². The van der Waals surface area contributed by atoms with E-state index in [1.54, 1.807) is 6.07 Å². The lowest BCUT2D eigenvalue weighted by Gasteiger charge is -2.39. The molecule has 2 fully saturated rings. The molecule has 0 atom stereocenters. The summed E-state index contributed by atoms with van der Waals surface area (Å²) in [6.45, 7) is 4.06. The Hall–Kier alpha value is -0.480. The molecule has 6 heteroatoms. The number of carbonyl (C=O) groups is 1. The number of nitrogens with one attached hydrogen (secondary N) is 1. The van der Waals surface area contributed by atoms with Gasteiger partial charge in [0.05, 0.1) is 10.0 Å². The monoisotopic (exact) mass is 376 g/mol. The maximum Gasteiger partial charge on any atom is 0.222 e. The fourth-order valence-corrected chi connectivity index (χ4v) is 3.88. The highest BCUT2D eigenvalue weighted by Crippen LogP contribution is 2.37. The Labute approximate surface area is 154 Å². The summed E-state index contributed by atoms with van der Waals surface area (Å²) in [6, 6.07) is 5.59. The third-order valence-electron chi connectivity index (χ3n) is 5.12. The van der Waals surface area contributed by atoms with E-state index in [1.165, 1.54) is 6.42 Å². The van der Waals surface area contributed by atoms with Crippen molar-refractivity contribution in [1.82, 2.24) is 10.2 Å². The number of amides is 1. The maximum absolute atomic E-state index is 12.4. The van der Waals surface area contributed by atoms with E-state index in [2.05, 4.69) is 5.32 Å². The Balaban J connectivity index is 0.00000192. The number of likely N-dealkylation sites (tertiary alicyclic amines) is 1. The molecule has 0 unspecified atom stereocenters. The molecule has 128 valence electrons. The highest BCUT2D eigenvalue weighted by molar-refractivity contribution is 6.42. The largest absolute Gasteiger partial charge is 0.343 e. The van der Waals surface area contributed by atoms with Gasteiger partial charge in [-0.15, -0.1) is 12.4 Å². The molecule has 2 saturated heterocycles. The second-order valence-corrected chi connectivity index (χ2v) is 7.37. The first-order valence-electron chi connectivity index (χ1n) is 8.00. The smallest absolute Gasteiger partial charge is 0.222 e. The van der Waals surface area contributed by atoms with E-state index in [1.807, 2.05) is 17.0 Å². The van der Waals surface area contributed by atoms with Crippen LogP contribution in [-0.4, -0.2) is 37.0 Å². The number of piperidine rings is 1. The molecule has 1 aromatic rings. The van der Waals surface area contributed by atoms with E-state index >= 15 is 0 Å². The van der Waals surface area contributed by atoms with Crippen LogP contribution in [0.1, 0.15) is 31.2 Å². The van der Waals surface area contributed by atoms with Crippen molar-refractivity contribution in [2.45, 2.75) is 32.1 Å². The van der Waals surface area contributed by atoms with Crippen LogP contribution in [0.2, 0.25) is 10.0 Å². The van der Waals surface area contributed by atoms with Gasteiger partial charge in [0.1, 0.15) is 0 Å². The Morgan fingerprint density at radius 2 is 1.91 bits per heavy atom. The van der Waals surface area contributed by atoms with Crippen molar-refractivity contribution in [2.75, 3.05) is 26.2 Å². The van der Waals surface area contributed by atoms with Gasteiger partial charge in [0.2, 0.25) is 5.91 Å². The fraction of sp³-hybridized carbons (Fsp3) is 0.588. The zero-order valence-electron chi connectivity index (χ0n) is 13.1. The minimum Gasteiger partial charge on any atom is -0.343 e. The number of hydrogen-bond acceptors (Lipinski definition) is 2. The van der Waals surface area contributed by atoms with Crippen LogP contribution in [0.25, 0.3) is 0 Å². The van der Waals surface area contributed by atoms with Crippen molar-refractivity contribution in [3.8, 4) is 0 Å². The third kappa shape index (κ3) is 4.54. The van der Waals surface area contributed by atoms with E-state index in [9.17, 15) is 4.79 Å². The van der Waals surface area contributed by atoms with Gasteiger partial charge in [-0.25, -0.2) is 0 Å². The van der Waals surface area contributed by atoms with Gasteiger partial charge in [-0.3, -0.25) is 4.79 Å². The summed E-state index contributed by atoms with van der Waals surface area (Å²) >= 11 is 11.9. The molecule has 3 rings (SSSR count).